The number of ether oxygens (including phenoxy) is 2. The van der Waals surface area contributed by atoms with E-state index in [0.717, 1.165) is 38.7 Å². The summed E-state index contributed by atoms with van der Waals surface area (Å²) >= 11 is 0. The lowest BCUT2D eigenvalue weighted by atomic mass is 10.1. The second-order valence-electron chi connectivity index (χ2n) is 4.68. The van der Waals surface area contributed by atoms with Crippen LogP contribution in [0.5, 0.6) is 0 Å². The molecule has 0 radical (unpaired) electrons. The first-order valence-corrected chi connectivity index (χ1v) is 6.44. The third-order valence-corrected chi connectivity index (χ3v) is 3.10. The van der Waals surface area contributed by atoms with Crippen molar-refractivity contribution in [1.29, 1.82) is 0 Å². The van der Waals surface area contributed by atoms with E-state index in [1.54, 1.807) is 7.05 Å². The number of nitrogens with one attached hydrogen (secondary N) is 1. The van der Waals surface area contributed by atoms with Crippen LogP contribution in [0, 0.1) is 0 Å². The van der Waals surface area contributed by atoms with Gasteiger partial charge >= 0.3 is 6.18 Å². The molecule has 108 valence electrons. The van der Waals surface area contributed by atoms with Gasteiger partial charge < -0.3 is 14.8 Å². The Kier molecular flexibility index (Phi) is 6.96. The summed E-state index contributed by atoms with van der Waals surface area (Å²) in [5.41, 5.74) is 0. The van der Waals surface area contributed by atoms with Crippen molar-refractivity contribution < 1.29 is 22.6 Å². The van der Waals surface area contributed by atoms with Crippen LogP contribution in [0.25, 0.3) is 0 Å². The Morgan fingerprint density at radius 3 is 2.78 bits per heavy atom. The Morgan fingerprint density at radius 2 is 2.22 bits per heavy atom. The molecule has 1 saturated heterocycles. The molecule has 0 aromatic carbocycles. The fourth-order valence-corrected chi connectivity index (χ4v) is 2.09. The van der Waals surface area contributed by atoms with Crippen LogP contribution in [0.3, 0.4) is 0 Å². The van der Waals surface area contributed by atoms with Gasteiger partial charge in [0.25, 0.3) is 0 Å². The Morgan fingerprint density at radius 1 is 1.44 bits per heavy atom. The van der Waals surface area contributed by atoms with Crippen LogP contribution < -0.4 is 5.32 Å². The molecular weight excluding hydrogens is 247 g/mol. The van der Waals surface area contributed by atoms with E-state index in [2.05, 4.69) is 10.1 Å². The van der Waals surface area contributed by atoms with Gasteiger partial charge in [0.2, 0.25) is 0 Å². The Bertz CT molecular complexity index is 218. The van der Waals surface area contributed by atoms with Gasteiger partial charge in [-0.2, -0.15) is 13.2 Å². The minimum absolute atomic E-state index is 0.0197. The summed E-state index contributed by atoms with van der Waals surface area (Å²) in [7, 11) is 1.74. The molecular formula is C12H22F3NO2. The van der Waals surface area contributed by atoms with Crippen molar-refractivity contribution in [2.75, 3.05) is 26.9 Å². The van der Waals surface area contributed by atoms with Gasteiger partial charge in [-0.05, 0) is 39.2 Å². The summed E-state index contributed by atoms with van der Waals surface area (Å²) in [5.74, 6) is 0. The van der Waals surface area contributed by atoms with Crippen molar-refractivity contribution in [2.45, 2.75) is 50.4 Å². The fraction of sp³-hybridized carbons (Fsp3) is 1.00. The lowest BCUT2D eigenvalue weighted by molar-refractivity contribution is -0.175. The smallest absolute Gasteiger partial charge is 0.378 e. The zero-order chi connectivity index (χ0) is 13.4. The molecule has 0 aromatic rings. The first kappa shape index (κ1) is 15.7. The highest BCUT2D eigenvalue weighted by Crippen LogP contribution is 2.18. The maximum Gasteiger partial charge on any atom is 0.411 e. The van der Waals surface area contributed by atoms with E-state index < -0.39 is 12.8 Å². The van der Waals surface area contributed by atoms with E-state index in [1.807, 2.05) is 0 Å². The first-order valence-electron chi connectivity index (χ1n) is 6.44. The molecule has 2 unspecified atom stereocenters. The maximum atomic E-state index is 11.9. The van der Waals surface area contributed by atoms with Crippen LogP contribution in [0.4, 0.5) is 13.2 Å². The van der Waals surface area contributed by atoms with Crippen LogP contribution in [0.2, 0.25) is 0 Å². The van der Waals surface area contributed by atoms with Gasteiger partial charge in [0.15, 0.2) is 0 Å². The van der Waals surface area contributed by atoms with Crippen LogP contribution in [-0.4, -0.2) is 45.2 Å². The van der Waals surface area contributed by atoms with Crippen LogP contribution in [-0.2, 0) is 9.47 Å². The summed E-state index contributed by atoms with van der Waals surface area (Å²) in [5, 5.41) is 2.98. The average molecular weight is 269 g/mol. The van der Waals surface area contributed by atoms with Crippen LogP contribution in [0.1, 0.15) is 32.1 Å². The summed E-state index contributed by atoms with van der Waals surface area (Å²) < 4.78 is 45.9. The van der Waals surface area contributed by atoms with Gasteiger partial charge in [-0.15, -0.1) is 0 Å². The number of alkyl halides is 3. The van der Waals surface area contributed by atoms with Crippen molar-refractivity contribution in [3.8, 4) is 0 Å². The first-order chi connectivity index (χ1) is 8.51. The van der Waals surface area contributed by atoms with Crippen molar-refractivity contribution in [3.63, 3.8) is 0 Å². The lowest BCUT2D eigenvalue weighted by Crippen LogP contribution is -2.32. The molecule has 0 spiro atoms. The predicted molar refractivity (Wildman–Crippen MR) is 62.5 cm³/mol. The molecule has 0 amide bonds. The number of hydrogen-bond acceptors (Lipinski definition) is 3. The lowest BCUT2D eigenvalue weighted by Gasteiger charge is -2.18. The normalized spacial score (nSPS) is 22.3. The third kappa shape index (κ3) is 7.18. The van der Waals surface area contributed by atoms with Crippen molar-refractivity contribution in [1.82, 2.24) is 5.32 Å². The quantitative estimate of drug-likeness (QED) is 0.734. The molecule has 0 saturated carbocycles. The van der Waals surface area contributed by atoms with E-state index in [0.29, 0.717) is 6.10 Å². The highest BCUT2D eigenvalue weighted by molar-refractivity contribution is 4.69. The fourth-order valence-electron chi connectivity index (χ4n) is 2.09. The summed E-state index contributed by atoms with van der Waals surface area (Å²) in [6.07, 6.45) is 1.08. The van der Waals surface area contributed by atoms with Gasteiger partial charge in [0.1, 0.15) is 6.61 Å². The van der Waals surface area contributed by atoms with Gasteiger partial charge in [0.05, 0.1) is 12.7 Å². The molecule has 3 nitrogen and oxygen atoms in total. The molecule has 2 atom stereocenters. The second-order valence-corrected chi connectivity index (χ2v) is 4.68. The second kappa shape index (κ2) is 7.96. The molecule has 1 heterocycles. The maximum absolute atomic E-state index is 11.9. The van der Waals surface area contributed by atoms with Crippen molar-refractivity contribution in [2.24, 2.45) is 0 Å². The standard InChI is InChI=1S/C12H22F3NO2/c1-16-10(8-17-9-12(13,14)15)4-2-5-11-6-3-7-18-11/h10-11,16H,2-9H2,1H3. The number of rotatable bonds is 8. The molecule has 1 fully saturated rings. The molecule has 1 aliphatic heterocycles. The Balaban J connectivity index is 2.05. The van der Waals surface area contributed by atoms with Crippen molar-refractivity contribution in [3.05, 3.63) is 0 Å². The predicted octanol–water partition coefficient (Wildman–Crippen LogP) is 2.50. The SMILES string of the molecule is CNC(CCCC1CCCO1)COCC(F)(F)F. The summed E-state index contributed by atoms with van der Waals surface area (Å²) in [6.45, 7) is -0.229. The minimum Gasteiger partial charge on any atom is -0.378 e. The molecule has 18 heavy (non-hydrogen) atoms. The average Bonchev–Trinajstić information content (AvgIpc) is 2.78. The number of halogens is 3. The highest BCUT2D eigenvalue weighted by atomic mass is 19.4. The van der Waals surface area contributed by atoms with E-state index in [4.69, 9.17) is 4.74 Å². The zero-order valence-corrected chi connectivity index (χ0v) is 10.8. The van der Waals surface area contributed by atoms with Gasteiger partial charge in [-0.3, -0.25) is 0 Å². The zero-order valence-electron chi connectivity index (χ0n) is 10.8. The number of hydrogen-bond donors (Lipinski definition) is 1. The van der Waals surface area contributed by atoms with E-state index in [-0.39, 0.29) is 12.6 Å². The van der Waals surface area contributed by atoms with Crippen LogP contribution >= 0.6 is 0 Å². The minimum atomic E-state index is -4.24. The van der Waals surface area contributed by atoms with E-state index in [1.165, 1.54) is 0 Å². The van der Waals surface area contributed by atoms with Gasteiger partial charge in [-0.1, -0.05) is 0 Å². The molecule has 1 aliphatic rings. The topological polar surface area (TPSA) is 30.5 Å². The van der Waals surface area contributed by atoms with Gasteiger partial charge in [0, 0.05) is 12.6 Å². The highest BCUT2D eigenvalue weighted by Gasteiger charge is 2.27. The largest absolute Gasteiger partial charge is 0.411 e. The Labute approximate surface area is 106 Å². The van der Waals surface area contributed by atoms with Gasteiger partial charge in [-0.25, -0.2) is 0 Å². The summed E-state index contributed by atoms with van der Waals surface area (Å²) in [4.78, 5) is 0. The van der Waals surface area contributed by atoms with E-state index >= 15 is 0 Å². The third-order valence-electron chi connectivity index (χ3n) is 3.10. The molecule has 6 heteroatoms. The van der Waals surface area contributed by atoms with Crippen LogP contribution in [0.15, 0.2) is 0 Å². The Hall–Kier alpha value is -0.330. The monoisotopic (exact) mass is 269 g/mol. The van der Waals surface area contributed by atoms with Crippen molar-refractivity contribution >= 4 is 0 Å². The summed E-state index contributed by atoms with van der Waals surface area (Å²) in [6, 6.07) is -0.0197. The number of likely N-dealkylation sites (N-methyl/N-ethyl adjacent to an activating group) is 1. The molecule has 1 rings (SSSR count). The molecule has 0 bridgehead atoms. The molecule has 0 aliphatic carbocycles. The molecule has 0 aromatic heterocycles. The van der Waals surface area contributed by atoms with E-state index in [9.17, 15) is 13.2 Å². The molecule has 1 N–H and O–H groups in total.